The van der Waals surface area contributed by atoms with Gasteiger partial charge in [-0.05, 0) is 81.7 Å². The Morgan fingerprint density at radius 1 is 0.550 bits per heavy atom. The summed E-state index contributed by atoms with van der Waals surface area (Å²) in [6.07, 6.45) is 19.1. The number of nitrogen functional groups attached to an aromatic ring is 2. The van der Waals surface area contributed by atoms with Crippen molar-refractivity contribution >= 4 is 182 Å². The van der Waals surface area contributed by atoms with E-state index in [9.17, 15) is 24.0 Å². The molecule has 28 nitrogen and oxygen atoms in total. The van der Waals surface area contributed by atoms with Gasteiger partial charge in [0.15, 0.2) is 78.0 Å². The first kappa shape index (κ1) is 85.7. The van der Waals surface area contributed by atoms with Crippen molar-refractivity contribution in [3.63, 3.8) is 0 Å². The molecule has 0 radical (unpaired) electrons. The number of aryl methyl sites for hydroxylation is 2. The molecule has 14 aromatic rings. The lowest BCUT2D eigenvalue weighted by atomic mass is 10.1. The largest absolute Gasteiger partial charge is 0.394 e. The van der Waals surface area contributed by atoms with E-state index in [1.807, 2.05) is 92.3 Å². The van der Waals surface area contributed by atoms with Crippen molar-refractivity contribution in [1.29, 1.82) is 0 Å². The standard InChI is InChI=1S/C15H16N4OS.C13H12ClN3OS.C12H12N4OS.C12H10N4OS.C7H9ClN4.C5H3ClOS.C4H3Cl2N3.C3H7N/c1-3-7-18-10-16-14-12(15(18)20)17-13(19(14)8-4-2)11-6-5-9-21-11;1-2-5-15-13-9(12(14)16-8-17-13)7-10(18)11-4-3-6-19-11;1-2-5-16-7-13-11-9(12(16)17)14-10(15-11)8-4-3-6-18-8;1-2-5-16-10(8-4-3-6-18-8)15-9-11(16)13-7-14-12(9)17;1-2-3-10-7-5(9)6(8)11-4-12-7;6-5(7)4-2-1-3-8-4;5-3-2(7)4(6)9-1-8-3;1-2-3-4/h4-6,9-10H,2-3,7-8H2,1H3;2-4,6,8H,1,5,7H2,(H,15,16,17);3-4,6-7H,2,5H2,1H3,(H,14,15);2-4,6-7H,1,5H2,(H,13,14,17);2,4H,1,3,9H2,(H,10,11,12);1-3H;1H,7H2;2H,1,3-4H2. The SMILES string of the molecule is C=CCN.C=CCNc1ncnc(Cl)c1CC(=O)c1cccs1.C=CCNc1ncnc(Cl)c1N.C=CCn1c(-c2cccs2)nc2c(=O)[nH]cnc21.C=CCn1c(-c2cccs2)nc2c(=O)n(CCC)cnc21.CCCn1cnc2nc(-c3cccs3)[nH]c2c1=O.Nc1c(Cl)ncnc1Cl.O=C(Cl)c1cccs1. The number of nitrogens with two attached hydrogens (primary N) is 3. The molecule has 0 amide bonds. The highest BCUT2D eigenvalue weighted by Gasteiger charge is 2.20. The zero-order valence-corrected chi connectivity index (χ0v) is 66.3. The number of nitrogens with zero attached hydrogens (tertiary/aromatic N) is 16. The van der Waals surface area contributed by atoms with Crippen LogP contribution in [0.25, 0.3) is 65.6 Å². The third-order valence-electron chi connectivity index (χ3n) is 13.9. The molecule has 38 heteroatoms. The highest BCUT2D eigenvalue weighted by molar-refractivity contribution is 7.14. The van der Waals surface area contributed by atoms with Gasteiger partial charge in [-0.1, -0.05) is 121 Å². The molecule has 566 valence electrons. The lowest BCUT2D eigenvalue weighted by Crippen LogP contribution is -2.20. The Kier molecular flexibility index (Phi) is 35.1. The number of aromatic amines is 2. The van der Waals surface area contributed by atoms with Crippen molar-refractivity contribution in [3.05, 3.63) is 256 Å². The molecule has 0 aliphatic rings. The number of thiophene rings is 5. The lowest BCUT2D eigenvalue weighted by Gasteiger charge is -2.09. The van der Waals surface area contributed by atoms with Crippen LogP contribution < -0.4 is 44.5 Å². The Bertz CT molecular complexity index is 5430. The smallest absolute Gasteiger partial charge is 0.281 e. The molecule has 0 spiro atoms. The third kappa shape index (κ3) is 24.2. The zero-order chi connectivity index (χ0) is 78.8. The van der Waals surface area contributed by atoms with E-state index >= 15 is 0 Å². The number of fused-ring (bicyclic) bond motifs is 3. The molecule has 0 fully saturated rings. The Labute approximate surface area is 669 Å². The van der Waals surface area contributed by atoms with Crippen molar-refractivity contribution in [2.75, 3.05) is 41.7 Å². The van der Waals surface area contributed by atoms with Crippen LogP contribution in [0.3, 0.4) is 0 Å². The van der Waals surface area contributed by atoms with Crippen LogP contribution in [0.1, 0.15) is 51.6 Å². The predicted molar refractivity (Wildman–Crippen MR) is 447 cm³/mol. The number of anilines is 4. The second-order valence-electron chi connectivity index (χ2n) is 21.4. The summed E-state index contributed by atoms with van der Waals surface area (Å²) in [5.41, 5.74) is 19.6. The number of ketones is 1. The molecule has 14 heterocycles. The fraction of sp³-hybridized carbons (Fsp3) is 0.169. The van der Waals surface area contributed by atoms with Crippen molar-refractivity contribution in [2.45, 2.75) is 59.3 Å². The number of nitrogens with one attached hydrogen (secondary N) is 4. The number of carbonyl (C=O) groups is 2. The second kappa shape index (κ2) is 44.7. The van der Waals surface area contributed by atoms with Crippen LogP contribution in [0.2, 0.25) is 20.6 Å². The molecule has 0 aliphatic heterocycles. The first-order chi connectivity index (χ1) is 52.8. The minimum absolute atomic E-state index is 0.00773. The van der Waals surface area contributed by atoms with Crippen molar-refractivity contribution in [2.24, 2.45) is 5.73 Å². The summed E-state index contributed by atoms with van der Waals surface area (Å²) in [6.45, 7) is 26.3. The van der Waals surface area contributed by atoms with Gasteiger partial charge in [-0.25, -0.2) is 59.8 Å². The van der Waals surface area contributed by atoms with Crippen LogP contribution in [-0.4, -0.2) is 119 Å². The highest BCUT2D eigenvalue weighted by atomic mass is 35.5. The molecular weight excluding hydrogens is 1590 g/mol. The summed E-state index contributed by atoms with van der Waals surface area (Å²) in [5.74, 6) is 3.36. The van der Waals surface area contributed by atoms with Gasteiger partial charge in [-0.15, -0.1) is 89.6 Å². The van der Waals surface area contributed by atoms with Crippen LogP contribution in [0, 0.1) is 0 Å². The fourth-order valence-electron chi connectivity index (χ4n) is 9.01. The van der Waals surface area contributed by atoms with Gasteiger partial charge < -0.3 is 46.9 Å². The van der Waals surface area contributed by atoms with E-state index < -0.39 is 0 Å². The zero-order valence-electron chi connectivity index (χ0n) is 58.5. The lowest BCUT2D eigenvalue weighted by molar-refractivity contribution is 0.0996. The Hall–Kier alpha value is -10.6. The molecule has 0 aliphatic carbocycles. The first-order valence-electron chi connectivity index (χ1n) is 32.4. The van der Waals surface area contributed by atoms with E-state index in [2.05, 4.69) is 113 Å². The van der Waals surface area contributed by atoms with Gasteiger partial charge in [-0.2, -0.15) is 0 Å². The number of rotatable bonds is 22. The van der Waals surface area contributed by atoms with Crippen molar-refractivity contribution < 1.29 is 9.59 Å². The molecule has 14 rings (SSSR count). The third-order valence-corrected chi connectivity index (χ3v) is 19.8. The molecule has 10 N–H and O–H groups in total. The molecule has 0 saturated heterocycles. The van der Waals surface area contributed by atoms with Crippen LogP contribution in [0.5, 0.6) is 0 Å². The number of aromatic nitrogens is 18. The Morgan fingerprint density at radius 3 is 1.52 bits per heavy atom. The minimum Gasteiger partial charge on any atom is -0.394 e. The summed E-state index contributed by atoms with van der Waals surface area (Å²) in [7, 11) is 0. The van der Waals surface area contributed by atoms with Gasteiger partial charge in [0.2, 0.25) is 0 Å². The van der Waals surface area contributed by atoms with Gasteiger partial charge in [0.05, 0.1) is 30.7 Å². The van der Waals surface area contributed by atoms with Crippen LogP contribution in [-0.2, 0) is 32.6 Å². The van der Waals surface area contributed by atoms with E-state index in [0.717, 1.165) is 39.1 Å². The van der Waals surface area contributed by atoms with E-state index in [0.29, 0.717) is 123 Å². The number of imidazole rings is 3. The van der Waals surface area contributed by atoms with E-state index in [1.54, 1.807) is 104 Å². The maximum Gasteiger partial charge on any atom is 0.281 e. The number of carbonyl (C=O) groups excluding carboxylic acids is 2. The average Bonchev–Trinajstić information content (AvgIpc) is 1.66. The maximum absolute atomic E-state index is 12.5. The van der Waals surface area contributed by atoms with E-state index in [-0.39, 0.29) is 55.3 Å². The molecule has 0 bridgehead atoms. The Morgan fingerprint density at radius 2 is 1.03 bits per heavy atom. The number of Topliss-reactive ketones (excluding diaryl/α,β-unsaturated/α-hetero) is 1. The molecule has 0 aromatic carbocycles. The van der Waals surface area contributed by atoms with Crippen LogP contribution in [0.4, 0.5) is 23.0 Å². The molecule has 0 saturated carbocycles. The maximum atomic E-state index is 12.5. The normalized spacial score (nSPS) is 10.3. The average molecular weight is 1670 g/mol. The second-order valence-corrected chi connectivity index (χ2v) is 27.9. The van der Waals surface area contributed by atoms with Gasteiger partial charge in [-0.3, -0.25) is 33.1 Å². The van der Waals surface area contributed by atoms with Crippen molar-refractivity contribution in [3.8, 4) is 32.1 Å². The topological polar surface area (TPSA) is 393 Å². The van der Waals surface area contributed by atoms with E-state index in [4.69, 9.17) is 75.2 Å². The van der Waals surface area contributed by atoms with Gasteiger partial charge in [0.1, 0.15) is 54.0 Å². The summed E-state index contributed by atoms with van der Waals surface area (Å²) in [5, 5.41) is 16.2. The number of allylic oxidation sites excluding steroid dienone is 2. The van der Waals surface area contributed by atoms with Crippen LogP contribution in [0.15, 0.2) is 203 Å². The molecular formula is C71H72Cl5N23O5S5. The van der Waals surface area contributed by atoms with Gasteiger partial charge in [0, 0.05) is 57.8 Å². The van der Waals surface area contributed by atoms with Gasteiger partial charge >= 0.3 is 0 Å². The quantitative estimate of drug-likeness (QED) is 0.0143. The summed E-state index contributed by atoms with van der Waals surface area (Å²) >= 11 is 35.2. The van der Waals surface area contributed by atoms with Gasteiger partial charge in [0.25, 0.3) is 21.9 Å². The number of hydrogen-bond acceptors (Lipinski definition) is 27. The van der Waals surface area contributed by atoms with E-state index in [1.165, 1.54) is 48.0 Å². The molecule has 109 heavy (non-hydrogen) atoms. The molecule has 0 atom stereocenters. The first-order valence-corrected chi connectivity index (χ1v) is 38.7. The van der Waals surface area contributed by atoms with Crippen molar-refractivity contribution in [1.82, 2.24) is 88.0 Å². The number of hydrogen-bond donors (Lipinski definition) is 7. The summed E-state index contributed by atoms with van der Waals surface area (Å²) in [6, 6.07) is 18.9. The summed E-state index contributed by atoms with van der Waals surface area (Å²) in [4.78, 5) is 118. The summed E-state index contributed by atoms with van der Waals surface area (Å²) < 4.78 is 7.06. The van der Waals surface area contributed by atoms with Crippen LogP contribution >= 0.6 is 115 Å². The molecule has 14 aromatic heterocycles. The Balaban J connectivity index is 0.000000179. The number of halogens is 5. The highest BCUT2D eigenvalue weighted by Crippen LogP contribution is 2.30. The predicted octanol–water partition coefficient (Wildman–Crippen LogP) is 15.4. The minimum atomic E-state index is -0.375. The number of H-pyrrole nitrogens is 2. The monoisotopic (exact) mass is 1660 g/mol. The fourth-order valence-corrected chi connectivity index (χ4v) is 13.2. The molecule has 0 unspecified atom stereocenters.